The van der Waals surface area contributed by atoms with E-state index in [1.807, 2.05) is 6.92 Å². The van der Waals surface area contributed by atoms with E-state index in [0.29, 0.717) is 18.9 Å². The molecule has 0 aliphatic heterocycles. The van der Waals surface area contributed by atoms with Crippen molar-refractivity contribution in [3.05, 3.63) is 35.4 Å². The highest BCUT2D eigenvalue weighted by Gasteiger charge is 2.14. The van der Waals surface area contributed by atoms with Gasteiger partial charge in [-0.25, -0.2) is 0 Å². The van der Waals surface area contributed by atoms with Crippen molar-refractivity contribution in [2.24, 2.45) is 11.7 Å². The van der Waals surface area contributed by atoms with Crippen LogP contribution in [0.2, 0.25) is 0 Å². The van der Waals surface area contributed by atoms with Crippen molar-refractivity contribution < 1.29 is 4.79 Å². The van der Waals surface area contributed by atoms with Crippen molar-refractivity contribution in [2.75, 3.05) is 6.54 Å². The standard InChI is InChI=1S/C17H28N2O/c1-5-14(11-18)10-17(20)19-13(4)16-8-6-15(7-9-16)12(2)3/h6-9,12-14H,5,10-11,18H2,1-4H3,(H,19,20). The number of rotatable bonds is 7. The Balaban J connectivity index is 2.57. The van der Waals surface area contributed by atoms with Crippen LogP contribution in [0.15, 0.2) is 24.3 Å². The fourth-order valence-corrected chi connectivity index (χ4v) is 2.21. The molecule has 0 radical (unpaired) electrons. The molecule has 3 N–H and O–H groups in total. The number of hydrogen-bond acceptors (Lipinski definition) is 2. The molecular weight excluding hydrogens is 248 g/mol. The number of benzene rings is 1. The number of amides is 1. The molecule has 0 saturated heterocycles. The predicted octanol–water partition coefficient (Wildman–Crippen LogP) is 3.36. The van der Waals surface area contributed by atoms with E-state index in [2.05, 4.69) is 50.4 Å². The highest BCUT2D eigenvalue weighted by molar-refractivity contribution is 5.76. The summed E-state index contributed by atoms with van der Waals surface area (Å²) in [5.74, 6) is 0.900. The van der Waals surface area contributed by atoms with E-state index in [9.17, 15) is 4.79 Å². The van der Waals surface area contributed by atoms with Crippen molar-refractivity contribution in [2.45, 2.75) is 52.5 Å². The molecule has 1 amide bonds. The Hall–Kier alpha value is -1.35. The van der Waals surface area contributed by atoms with Crippen LogP contribution in [0.5, 0.6) is 0 Å². The van der Waals surface area contributed by atoms with Crippen LogP contribution in [0.4, 0.5) is 0 Å². The zero-order valence-corrected chi connectivity index (χ0v) is 13.1. The van der Waals surface area contributed by atoms with Gasteiger partial charge in [-0.05, 0) is 36.4 Å². The van der Waals surface area contributed by atoms with Gasteiger partial charge in [-0.3, -0.25) is 4.79 Å². The van der Waals surface area contributed by atoms with Gasteiger partial charge in [0.1, 0.15) is 0 Å². The Morgan fingerprint density at radius 1 is 1.15 bits per heavy atom. The lowest BCUT2D eigenvalue weighted by molar-refractivity contribution is -0.122. The SMILES string of the molecule is CCC(CN)CC(=O)NC(C)c1ccc(C(C)C)cc1. The monoisotopic (exact) mass is 276 g/mol. The van der Waals surface area contributed by atoms with Gasteiger partial charge in [0.05, 0.1) is 6.04 Å². The van der Waals surface area contributed by atoms with Gasteiger partial charge in [0.2, 0.25) is 5.91 Å². The third kappa shape index (κ3) is 4.97. The number of nitrogens with one attached hydrogen (secondary N) is 1. The summed E-state index contributed by atoms with van der Waals surface area (Å²) in [7, 11) is 0. The fraction of sp³-hybridized carbons (Fsp3) is 0.588. The average Bonchev–Trinajstić information content (AvgIpc) is 2.44. The summed E-state index contributed by atoms with van der Waals surface area (Å²) in [6, 6.07) is 8.51. The minimum atomic E-state index is 0.0407. The summed E-state index contributed by atoms with van der Waals surface area (Å²) >= 11 is 0. The maximum Gasteiger partial charge on any atom is 0.220 e. The lowest BCUT2D eigenvalue weighted by atomic mass is 9.99. The van der Waals surface area contributed by atoms with E-state index >= 15 is 0 Å². The van der Waals surface area contributed by atoms with Crippen molar-refractivity contribution >= 4 is 5.91 Å². The first kappa shape index (κ1) is 16.7. The van der Waals surface area contributed by atoms with Crippen molar-refractivity contribution in [3.8, 4) is 0 Å². The molecule has 2 atom stereocenters. The first-order valence-corrected chi connectivity index (χ1v) is 7.57. The van der Waals surface area contributed by atoms with Crippen molar-refractivity contribution in [1.82, 2.24) is 5.32 Å². The first-order valence-electron chi connectivity index (χ1n) is 7.57. The number of hydrogen-bond donors (Lipinski definition) is 2. The fourth-order valence-electron chi connectivity index (χ4n) is 2.21. The van der Waals surface area contributed by atoms with Crippen LogP contribution in [0.1, 0.15) is 63.6 Å². The van der Waals surface area contributed by atoms with E-state index in [1.165, 1.54) is 5.56 Å². The number of nitrogens with two attached hydrogens (primary N) is 1. The van der Waals surface area contributed by atoms with Gasteiger partial charge in [-0.2, -0.15) is 0 Å². The molecule has 0 aromatic heterocycles. The lowest BCUT2D eigenvalue weighted by Gasteiger charge is -2.17. The predicted molar refractivity (Wildman–Crippen MR) is 84.5 cm³/mol. The van der Waals surface area contributed by atoms with Crippen LogP contribution in [0.25, 0.3) is 0 Å². The van der Waals surface area contributed by atoms with Crippen LogP contribution in [-0.4, -0.2) is 12.5 Å². The Bertz CT molecular complexity index is 408. The second-order valence-corrected chi connectivity index (χ2v) is 5.82. The summed E-state index contributed by atoms with van der Waals surface area (Å²) < 4.78 is 0. The van der Waals surface area contributed by atoms with Gasteiger partial charge in [0, 0.05) is 6.42 Å². The van der Waals surface area contributed by atoms with E-state index in [1.54, 1.807) is 0 Å². The second kappa shape index (κ2) is 8.05. The van der Waals surface area contributed by atoms with Crippen LogP contribution in [0.3, 0.4) is 0 Å². The maximum atomic E-state index is 12.0. The molecule has 20 heavy (non-hydrogen) atoms. The first-order chi connectivity index (χ1) is 9.47. The zero-order chi connectivity index (χ0) is 15.1. The molecule has 0 fully saturated rings. The zero-order valence-electron chi connectivity index (χ0n) is 13.1. The molecule has 0 aliphatic rings. The molecule has 0 spiro atoms. The molecule has 112 valence electrons. The number of carbonyl (C=O) groups is 1. The summed E-state index contributed by atoms with van der Waals surface area (Å²) in [5, 5.41) is 3.05. The normalized spacial score (nSPS) is 14.1. The molecule has 3 nitrogen and oxygen atoms in total. The third-order valence-corrected chi connectivity index (χ3v) is 3.87. The Kier molecular flexibility index (Phi) is 6.73. The Morgan fingerprint density at radius 2 is 1.70 bits per heavy atom. The third-order valence-electron chi connectivity index (χ3n) is 3.87. The van der Waals surface area contributed by atoms with Crippen LogP contribution < -0.4 is 11.1 Å². The lowest BCUT2D eigenvalue weighted by Crippen LogP contribution is -2.30. The quantitative estimate of drug-likeness (QED) is 0.802. The molecule has 0 bridgehead atoms. The van der Waals surface area contributed by atoms with Crippen LogP contribution in [-0.2, 0) is 4.79 Å². The summed E-state index contributed by atoms with van der Waals surface area (Å²) in [6.45, 7) is 9.02. The molecule has 3 heteroatoms. The largest absolute Gasteiger partial charge is 0.350 e. The Morgan fingerprint density at radius 3 is 2.15 bits per heavy atom. The highest BCUT2D eigenvalue weighted by atomic mass is 16.1. The smallest absolute Gasteiger partial charge is 0.220 e. The van der Waals surface area contributed by atoms with Crippen molar-refractivity contribution in [3.63, 3.8) is 0 Å². The second-order valence-electron chi connectivity index (χ2n) is 5.82. The van der Waals surface area contributed by atoms with Gasteiger partial charge >= 0.3 is 0 Å². The topological polar surface area (TPSA) is 55.1 Å². The van der Waals surface area contributed by atoms with Gasteiger partial charge in [0.25, 0.3) is 0 Å². The van der Waals surface area contributed by atoms with E-state index in [4.69, 9.17) is 5.73 Å². The maximum absolute atomic E-state index is 12.0. The molecule has 0 aliphatic carbocycles. The molecule has 1 aromatic rings. The summed E-state index contributed by atoms with van der Waals surface area (Å²) in [6.07, 6.45) is 1.46. The van der Waals surface area contributed by atoms with Crippen LogP contribution in [0, 0.1) is 5.92 Å². The minimum absolute atomic E-state index is 0.0407. The summed E-state index contributed by atoms with van der Waals surface area (Å²) in [4.78, 5) is 12.0. The average molecular weight is 276 g/mol. The molecule has 0 heterocycles. The highest BCUT2D eigenvalue weighted by Crippen LogP contribution is 2.19. The molecule has 0 saturated carbocycles. The minimum Gasteiger partial charge on any atom is -0.350 e. The van der Waals surface area contributed by atoms with Crippen LogP contribution >= 0.6 is 0 Å². The van der Waals surface area contributed by atoms with Gasteiger partial charge in [0.15, 0.2) is 0 Å². The van der Waals surface area contributed by atoms with E-state index in [0.717, 1.165) is 12.0 Å². The van der Waals surface area contributed by atoms with Gasteiger partial charge in [-0.1, -0.05) is 51.5 Å². The van der Waals surface area contributed by atoms with Gasteiger partial charge < -0.3 is 11.1 Å². The molecule has 1 aromatic carbocycles. The van der Waals surface area contributed by atoms with E-state index in [-0.39, 0.29) is 17.9 Å². The van der Waals surface area contributed by atoms with Crippen molar-refractivity contribution in [1.29, 1.82) is 0 Å². The van der Waals surface area contributed by atoms with Gasteiger partial charge in [-0.15, -0.1) is 0 Å². The molecule has 2 unspecified atom stereocenters. The summed E-state index contributed by atoms with van der Waals surface area (Å²) in [5.41, 5.74) is 8.10. The molecular formula is C17H28N2O. The number of carbonyl (C=O) groups excluding carboxylic acids is 1. The molecule has 1 rings (SSSR count). The van der Waals surface area contributed by atoms with E-state index < -0.39 is 0 Å². The Labute approximate surface area is 122 Å².